The molecule has 0 aromatic heterocycles. The lowest BCUT2D eigenvalue weighted by Gasteiger charge is -2.46. The Bertz CT molecular complexity index is 1500. The monoisotopic (exact) mass is 719 g/mol. The van der Waals surface area contributed by atoms with Gasteiger partial charge in [0.25, 0.3) is 5.69 Å². The summed E-state index contributed by atoms with van der Waals surface area (Å²) in [4.78, 5) is 11.6. The first-order valence-corrected chi connectivity index (χ1v) is 21.4. The highest BCUT2D eigenvalue weighted by Crippen LogP contribution is 2.50. The van der Waals surface area contributed by atoms with Gasteiger partial charge in [-0.15, -0.1) is 15.9 Å². The molecular formula is C42H65N3O5Si. The molecule has 2 fully saturated rings. The lowest BCUT2D eigenvalue weighted by atomic mass is 9.60. The van der Waals surface area contributed by atoms with Crippen molar-refractivity contribution < 1.29 is 19.5 Å². The fraction of sp³-hybridized carbons (Fsp3) is 0.667. The molecule has 0 bridgehead atoms. The van der Waals surface area contributed by atoms with E-state index in [0.29, 0.717) is 35.5 Å². The molecule has 2 aliphatic rings. The number of allylic oxidation sites excluding steroid dienone is 1. The Labute approximate surface area is 309 Å². The molecule has 4 rings (SSSR count). The van der Waals surface area contributed by atoms with Crippen molar-refractivity contribution in [3.05, 3.63) is 57.3 Å². The number of phenols is 1. The quantitative estimate of drug-likeness (QED) is 0.0687. The molecule has 0 heterocycles. The van der Waals surface area contributed by atoms with Crippen LogP contribution in [0.4, 0.5) is 17.1 Å². The van der Waals surface area contributed by atoms with Crippen LogP contribution in [0.25, 0.3) is 0 Å². The molecule has 282 valence electrons. The third kappa shape index (κ3) is 10.7. The van der Waals surface area contributed by atoms with Crippen LogP contribution >= 0.6 is 0 Å². The summed E-state index contributed by atoms with van der Waals surface area (Å²) in [5, 5.41) is 31.3. The average Bonchev–Trinajstić information content (AvgIpc) is 3.06. The van der Waals surface area contributed by atoms with E-state index in [0.717, 1.165) is 48.0 Å². The molecule has 2 aliphatic carbocycles. The van der Waals surface area contributed by atoms with E-state index in [2.05, 4.69) is 57.5 Å². The van der Waals surface area contributed by atoms with Gasteiger partial charge in [0, 0.05) is 21.1 Å². The van der Waals surface area contributed by atoms with Gasteiger partial charge in [-0.3, -0.25) is 10.1 Å². The minimum Gasteiger partial charge on any atom is -0.505 e. The zero-order valence-electron chi connectivity index (χ0n) is 33.1. The van der Waals surface area contributed by atoms with Gasteiger partial charge in [0.15, 0.2) is 5.69 Å². The number of benzene rings is 2. The topological polar surface area (TPSA) is 107 Å². The molecule has 51 heavy (non-hydrogen) atoms. The SMILES string of the molecule is COc1cc(N=Nc2ccc(OCCC[SiH2]C=C(C3CC(C)CCC3C(C)C)C3CC(C)CCC3C(C)C)cc2[N+](=O)[O-])c(O)c(C(C)(C)C)c1. The highest BCUT2D eigenvalue weighted by atomic mass is 28.2. The van der Waals surface area contributed by atoms with Crippen molar-refractivity contribution in [2.24, 2.45) is 57.6 Å². The highest BCUT2D eigenvalue weighted by Gasteiger charge is 2.40. The van der Waals surface area contributed by atoms with Crippen LogP contribution in [0.2, 0.25) is 6.04 Å². The van der Waals surface area contributed by atoms with Gasteiger partial charge in [-0.1, -0.05) is 86.8 Å². The molecule has 9 heteroatoms. The number of hydrogen-bond donors (Lipinski definition) is 1. The van der Waals surface area contributed by atoms with Crippen LogP contribution in [0, 0.1) is 57.5 Å². The summed E-state index contributed by atoms with van der Waals surface area (Å²) in [5.74, 6) is 6.99. The summed E-state index contributed by atoms with van der Waals surface area (Å²) in [6.07, 6.45) is 9.06. The van der Waals surface area contributed by atoms with Gasteiger partial charge in [-0.05, 0) is 103 Å². The van der Waals surface area contributed by atoms with Crippen LogP contribution in [0.1, 0.15) is 113 Å². The molecule has 2 aromatic carbocycles. The largest absolute Gasteiger partial charge is 0.505 e. The number of azo groups is 1. The number of rotatable bonds is 14. The number of nitro benzene ring substituents is 1. The van der Waals surface area contributed by atoms with E-state index >= 15 is 0 Å². The van der Waals surface area contributed by atoms with Crippen LogP contribution < -0.4 is 9.47 Å². The minimum atomic E-state index is -0.473. The molecule has 8 nitrogen and oxygen atoms in total. The highest BCUT2D eigenvalue weighted by molar-refractivity contribution is 6.42. The molecule has 2 saturated carbocycles. The molecule has 0 saturated heterocycles. The Morgan fingerprint density at radius 3 is 2.06 bits per heavy atom. The van der Waals surface area contributed by atoms with Crippen LogP contribution in [0.5, 0.6) is 17.2 Å². The third-order valence-corrected chi connectivity index (χ3v) is 13.3. The molecule has 6 unspecified atom stereocenters. The third-order valence-electron chi connectivity index (χ3n) is 11.7. The summed E-state index contributed by atoms with van der Waals surface area (Å²) in [6.45, 7) is 21.1. The Morgan fingerprint density at radius 1 is 0.941 bits per heavy atom. The van der Waals surface area contributed by atoms with E-state index in [1.807, 2.05) is 26.3 Å². The minimum absolute atomic E-state index is 0.0266. The van der Waals surface area contributed by atoms with E-state index in [9.17, 15) is 15.2 Å². The van der Waals surface area contributed by atoms with Crippen molar-refractivity contribution in [3.8, 4) is 17.2 Å². The number of methoxy groups -OCH3 is 1. The van der Waals surface area contributed by atoms with Gasteiger partial charge in [-0.25, -0.2) is 0 Å². The predicted octanol–water partition coefficient (Wildman–Crippen LogP) is 11.7. The van der Waals surface area contributed by atoms with E-state index < -0.39 is 14.4 Å². The van der Waals surface area contributed by atoms with E-state index in [1.165, 1.54) is 44.6 Å². The van der Waals surface area contributed by atoms with Gasteiger partial charge in [0.2, 0.25) is 0 Å². The van der Waals surface area contributed by atoms with Crippen molar-refractivity contribution in [3.63, 3.8) is 0 Å². The van der Waals surface area contributed by atoms with Crippen molar-refractivity contribution >= 4 is 26.6 Å². The molecular weight excluding hydrogens is 655 g/mol. The smallest absolute Gasteiger partial charge is 0.300 e. The van der Waals surface area contributed by atoms with E-state index in [4.69, 9.17) is 9.47 Å². The zero-order valence-corrected chi connectivity index (χ0v) is 34.5. The van der Waals surface area contributed by atoms with Crippen LogP contribution in [-0.2, 0) is 5.41 Å². The second-order valence-electron chi connectivity index (χ2n) is 17.3. The van der Waals surface area contributed by atoms with E-state index in [-0.39, 0.29) is 28.2 Å². The second kappa shape index (κ2) is 18.0. The molecule has 2 aromatic rings. The summed E-state index contributed by atoms with van der Waals surface area (Å²) in [6, 6.07) is 9.16. The summed E-state index contributed by atoms with van der Waals surface area (Å²) in [5.41, 5.74) is 4.97. The Kier molecular flexibility index (Phi) is 14.3. The lowest BCUT2D eigenvalue weighted by Crippen LogP contribution is -2.36. The Hall–Kier alpha value is -3.20. The van der Waals surface area contributed by atoms with Crippen molar-refractivity contribution in [2.45, 2.75) is 119 Å². The summed E-state index contributed by atoms with van der Waals surface area (Å²) >= 11 is 0. The maximum atomic E-state index is 12.0. The fourth-order valence-corrected chi connectivity index (χ4v) is 10.4. The van der Waals surface area contributed by atoms with Gasteiger partial charge in [-0.2, -0.15) is 0 Å². The van der Waals surface area contributed by atoms with Gasteiger partial charge in [0.1, 0.15) is 22.9 Å². The summed E-state index contributed by atoms with van der Waals surface area (Å²) < 4.78 is 11.4. The number of phenolic OH excluding ortho intramolecular Hbond substituents is 1. The average molecular weight is 720 g/mol. The second-order valence-corrected chi connectivity index (χ2v) is 19.0. The number of ether oxygens (including phenoxy) is 2. The zero-order chi connectivity index (χ0) is 37.5. The van der Waals surface area contributed by atoms with E-state index in [1.54, 1.807) is 31.4 Å². The first-order chi connectivity index (χ1) is 24.1. The predicted molar refractivity (Wildman–Crippen MR) is 212 cm³/mol. The molecule has 0 spiro atoms. The number of aromatic hydroxyl groups is 1. The lowest BCUT2D eigenvalue weighted by molar-refractivity contribution is -0.384. The maximum Gasteiger partial charge on any atom is 0.300 e. The summed E-state index contributed by atoms with van der Waals surface area (Å²) in [7, 11) is 1.10. The molecule has 0 aliphatic heterocycles. The molecule has 6 atom stereocenters. The van der Waals surface area contributed by atoms with Crippen molar-refractivity contribution in [1.29, 1.82) is 0 Å². The number of hydrogen-bond acceptors (Lipinski definition) is 7. The molecule has 1 N–H and O–H groups in total. The number of nitro groups is 1. The first-order valence-electron chi connectivity index (χ1n) is 19.5. The van der Waals surface area contributed by atoms with Crippen LogP contribution in [-0.4, -0.2) is 33.3 Å². The Balaban J connectivity index is 1.45. The van der Waals surface area contributed by atoms with Crippen molar-refractivity contribution in [2.75, 3.05) is 13.7 Å². The van der Waals surface area contributed by atoms with Gasteiger partial charge < -0.3 is 14.6 Å². The Morgan fingerprint density at radius 2 is 1.53 bits per heavy atom. The van der Waals surface area contributed by atoms with Crippen LogP contribution in [0.15, 0.2) is 51.8 Å². The molecule has 0 amide bonds. The fourth-order valence-electron chi connectivity index (χ4n) is 8.74. The van der Waals surface area contributed by atoms with Crippen LogP contribution in [0.3, 0.4) is 0 Å². The van der Waals surface area contributed by atoms with Gasteiger partial charge >= 0.3 is 0 Å². The van der Waals surface area contributed by atoms with Crippen molar-refractivity contribution in [1.82, 2.24) is 0 Å². The standard InChI is InChI=1S/C42H65N3O5Si/c1-26(2)32-15-12-28(5)20-34(32)36(35-21-29(6)13-16-33(35)27(3)4)25-51-19-11-18-50-30-14-17-38(40(24-30)45(47)48)43-44-39-23-31(49-10)22-37(41(39)46)42(7,8)9/h14,17,22-29,32-35,46H,11-13,15-16,18-21,51H2,1-10H3. The number of nitrogens with zero attached hydrogens (tertiary/aromatic N) is 3. The molecule has 0 radical (unpaired) electrons. The maximum absolute atomic E-state index is 12.0. The normalized spacial score (nSPS) is 24.5. The van der Waals surface area contributed by atoms with Gasteiger partial charge in [0.05, 0.1) is 24.7 Å². The first kappa shape index (κ1) is 40.6.